The Morgan fingerprint density at radius 3 is 2.42 bits per heavy atom. The van der Waals surface area contributed by atoms with E-state index < -0.39 is 11.8 Å². The first-order valence-electron chi connectivity index (χ1n) is 6.25. The van der Waals surface area contributed by atoms with Crippen molar-refractivity contribution >= 4 is 18.0 Å². The van der Waals surface area contributed by atoms with Crippen molar-refractivity contribution in [3.63, 3.8) is 0 Å². The molecule has 4 N–H and O–H groups in total. The van der Waals surface area contributed by atoms with Crippen LogP contribution in [-0.4, -0.2) is 36.5 Å². The summed E-state index contributed by atoms with van der Waals surface area (Å²) >= 11 is 0. The molecule has 0 spiro atoms. The highest BCUT2D eigenvalue weighted by molar-refractivity contribution is 5.86. The minimum absolute atomic E-state index is 0.00837. The number of carbonyl (C=O) groups is 3. The zero-order valence-corrected chi connectivity index (χ0v) is 10.9. The highest BCUT2D eigenvalue weighted by Gasteiger charge is 2.56. The lowest BCUT2D eigenvalue weighted by Gasteiger charge is -2.33. The summed E-state index contributed by atoms with van der Waals surface area (Å²) in [6.07, 6.45) is 0.908. The smallest absolute Gasteiger partial charge is 0.318 e. The van der Waals surface area contributed by atoms with Crippen LogP contribution in [0.15, 0.2) is 0 Å². The van der Waals surface area contributed by atoms with Gasteiger partial charge in [0.2, 0.25) is 0 Å². The quantitative estimate of drug-likeness (QED) is 0.403. The van der Waals surface area contributed by atoms with E-state index in [9.17, 15) is 14.4 Å². The molecule has 0 radical (unpaired) electrons. The zero-order valence-electron chi connectivity index (χ0n) is 10.9. The lowest BCUT2D eigenvalue weighted by Crippen LogP contribution is -2.61. The molecule has 2 aliphatic heterocycles. The number of carbonyl (C=O) groups excluding carboxylic acids is 3. The highest BCUT2D eigenvalue weighted by Crippen LogP contribution is 2.28. The normalized spacial score (nSPS) is 29.7. The summed E-state index contributed by atoms with van der Waals surface area (Å²) in [5, 5.41) is 10.8. The monoisotopic (exact) mass is 270 g/mol. The summed E-state index contributed by atoms with van der Waals surface area (Å²) in [4.78, 5) is 33.5. The van der Waals surface area contributed by atoms with E-state index in [0.717, 1.165) is 0 Å². The van der Waals surface area contributed by atoms with Gasteiger partial charge in [-0.3, -0.25) is 4.79 Å². The molecule has 0 aromatic rings. The van der Waals surface area contributed by atoms with Crippen LogP contribution in [0.5, 0.6) is 0 Å². The van der Waals surface area contributed by atoms with Gasteiger partial charge >= 0.3 is 18.0 Å². The van der Waals surface area contributed by atoms with E-state index in [1.54, 1.807) is 0 Å². The van der Waals surface area contributed by atoms with Gasteiger partial charge in [0.1, 0.15) is 6.17 Å². The van der Waals surface area contributed by atoms with Crippen LogP contribution in [0.3, 0.4) is 0 Å². The van der Waals surface area contributed by atoms with Crippen LogP contribution < -0.4 is 21.3 Å². The lowest BCUT2D eigenvalue weighted by molar-refractivity contribution is -0.141. The maximum atomic E-state index is 11.4. The van der Waals surface area contributed by atoms with Crippen LogP contribution in [0.25, 0.3) is 0 Å². The van der Waals surface area contributed by atoms with Gasteiger partial charge in [-0.25, -0.2) is 9.59 Å². The van der Waals surface area contributed by atoms with Crippen LogP contribution in [0.2, 0.25) is 0 Å². The molecule has 0 aromatic heterocycles. The summed E-state index contributed by atoms with van der Waals surface area (Å²) in [5.41, 5.74) is -0.815. The zero-order chi connectivity index (χ0) is 14.0. The first kappa shape index (κ1) is 13.4. The topological polar surface area (TPSA) is 109 Å². The molecule has 0 bridgehead atoms. The van der Waals surface area contributed by atoms with E-state index in [0.29, 0.717) is 19.4 Å². The number of rotatable bonds is 5. The standard InChI is InChI=1S/C11H18N4O4/c1-6(4-3-5-19-7(2)16)11-8(12-9(17)14-11)13-10(18)15-11/h6,8H,3-5H2,1-2H3,(H2,12,14,17)(H2,13,15,18). The van der Waals surface area contributed by atoms with E-state index in [1.165, 1.54) is 6.92 Å². The van der Waals surface area contributed by atoms with Crippen LogP contribution in [0, 0.1) is 5.92 Å². The Labute approximate surface area is 110 Å². The molecule has 0 saturated carbocycles. The number of fused-ring (bicyclic) bond motifs is 1. The summed E-state index contributed by atoms with van der Waals surface area (Å²) in [6, 6.07) is -0.631. The van der Waals surface area contributed by atoms with Crippen molar-refractivity contribution in [2.24, 2.45) is 5.92 Å². The molecular weight excluding hydrogens is 252 g/mol. The molecule has 0 aromatic carbocycles. The van der Waals surface area contributed by atoms with Crippen LogP contribution in [-0.2, 0) is 9.53 Å². The number of hydrogen-bond donors (Lipinski definition) is 4. The fraction of sp³-hybridized carbons (Fsp3) is 0.727. The number of ether oxygens (including phenoxy) is 1. The first-order valence-corrected chi connectivity index (χ1v) is 6.25. The van der Waals surface area contributed by atoms with E-state index >= 15 is 0 Å². The van der Waals surface area contributed by atoms with E-state index in [1.807, 2.05) is 6.92 Å². The molecule has 2 saturated heterocycles. The minimum Gasteiger partial charge on any atom is -0.466 e. The number of urea groups is 2. The van der Waals surface area contributed by atoms with Crippen molar-refractivity contribution in [3.8, 4) is 0 Å². The van der Waals surface area contributed by atoms with Gasteiger partial charge in [-0.2, -0.15) is 0 Å². The Morgan fingerprint density at radius 1 is 1.32 bits per heavy atom. The maximum Gasteiger partial charge on any atom is 0.318 e. The van der Waals surface area contributed by atoms with Gasteiger partial charge in [-0.15, -0.1) is 0 Å². The van der Waals surface area contributed by atoms with E-state index in [4.69, 9.17) is 4.74 Å². The second kappa shape index (κ2) is 4.94. The predicted octanol–water partition coefficient (Wildman–Crippen LogP) is -0.386. The molecule has 0 aliphatic carbocycles. The third kappa shape index (κ3) is 2.56. The Morgan fingerprint density at radius 2 is 1.89 bits per heavy atom. The lowest BCUT2D eigenvalue weighted by atomic mass is 9.89. The molecule has 2 fully saturated rings. The van der Waals surface area contributed by atoms with Gasteiger partial charge in [-0.1, -0.05) is 6.92 Å². The summed E-state index contributed by atoms with van der Waals surface area (Å²) in [7, 11) is 0. The molecule has 2 aliphatic rings. The van der Waals surface area contributed by atoms with Gasteiger partial charge in [0.25, 0.3) is 0 Å². The molecule has 1 atom stereocenters. The first-order chi connectivity index (χ1) is 8.94. The van der Waals surface area contributed by atoms with Crippen molar-refractivity contribution in [3.05, 3.63) is 0 Å². The summed E-state index contributed by atoms with van der Waals surface area (Å²) in [6.45, 7) is 3.63. The number of esters is 1. The van der Waals surface area contributed by atoms with E-state index in [2.05, 4.69) is 21.3 Å². The average molecular weight is 270 g/mol. The number of hydrogen-bond acceptors (Lipinski definition) is 4. The molecule has 2 heterocycles. The molecule has 8 nitrogen and oxygen atoms in total. The molecule has 19 heavy (non-hydrogen) atoms. The van der Waals surface area contributed by atoms with Gasteiger partial charge in [0.15, 0.2) is 5.66 Å². The fourth-order valence-electron chi connectivity index (χ4n) is 2.51. The van der Waals surface area contributed by atoms with Crippen LogP contribution >= 0.6 is 0 Å². The molecular formula is C11H18N4O4. The van der Waals surface area contributed by atoms with Crippen LogP contribution in [0.4, 0.5) is 9.59 Å². The fourth-order valence-corrected chi connectivity index (χ4v) is 2.51. The summed E-state index contributed by atoms with van der Waals surface area (Å²) < 4.78 is 4.86. The number of amides is 4. The van der Waals surface area contributed by atoms with E-state index in [-0.39, 0.29) is 23.9 Å². The van der Waals surface area contributed by atoms with Crippen molar-refractivity contribution in [1.29, 1.82) is 0 Å². The molecule has 2 rings (SSSR count). The largest absolute Gasteiger partial charge is 0.466 e. The molecule has 1 unspecified atom stereocenters. The predicted molar refractivity (Wildman–Crippen MR) is 64.9 cm³/mol. The molecule has 4 amide bonds. The maximum absolute atomic E-state index is 11.4. The van der Waals surface area contributed by atoms with Gasteiger partial charge in [0, 0.05) is 12.8 Å². The Hall–Kier alpha value is -1.99. The van der Waals surface area contributed by atoms with Gasteiger partial charge in [0.05, 0.1) is 6.61 Å². The third-order valence-electron chi connectivity index (χ3n) is 3.51. The second-order valence-corrected chi connectivity index (χ2v) is 4.88. The second-order valence-electron chi connectivity index (χ2n) is 4.88. The van der Waals surface area contributed by atoms with Crippen molar-refractivity contribution in [2.75, 3.05) is 6.61 Å². The SMILES string of the molecule is CC(=O)OCCCC(C)C12NC(=O)NC1NC(=O)N2. The van der Waals surface area contributed by atoms with Crippen molar-refractivity contribution < 1.29 is 19.1 Å². The van der Waals surface area contributed by atoms with Crippen molar-refractivity contribution in [1.82, 2.24) is 21.3 Å². The van der Waals surface area contributed by atoms with Crippen molar-refractivity contribution in [2.45, 2.75) is 38.5 Å². The molecule has 106 valence electrons. The Kier molecular flexibility index (Phi) is 3.50. The molecule has 8 heteroatoms. The highest BCUT2D eigenvalue weighted by atomic mass is 16.5. The summed E-state index contributed by atoms with van der Waals surface area (Å²) in [5.74, 6) is -0.318. The van der Waals surface area contributed by atoms with Crippen LogP contribution in [0.1, 0.15) is 26.7 Å². The van der Waals surface area contributed by atoms with Gasteiger partial charge < -0.3 is 26.0 Å². The average Bonchev–Trinajstić information content (AvgIpc) is 2.75. The minimum atomic E-state index is -0.815. The van der Waals surface area contributed by atoms with Gasteiger partial charge in [-0.05, 0) is 12.8 Å². The Balaban J connectivity index is 1.92. The number of nitrogens with one attached hydrogen (secondary N) is 4. The Bertz CT molecular complexity index is 391. The third-order valence-corrected chi connectivity index (χ3v) is 3.51.